The summed E-state index contributed by atoms with van der Waals surface area (Å²) in [5.41, 5.74) is 0.153. The van der Waals surface area contributed by atoms with Crippen molar-refractivity contribution >= 4 is 19.6 Å². The van der Waals surface area contributed by atoms with Crippen LogP contribution in [0.4, 0.5) is 4.11 Å². The molecule has 0 saturated carbocycles. The van der Waals surface area contributed by atoms with Crippen molar-refractivity contribution in [1.29, 1.82) is 0 Å². The molecule has 0 unspecified atom stereocenters. The lowest BCUT2D eigenvalue weighted by molar-refractivity contribution is 0.0697. The van der Waals surface area contributed by atoms with Gasteiger partial charge in [-0.05, 0) is 27.4 Å². The second-order valence-corrected chi connectivity index (χ2v) is 11.9. The van der Waals surface area contributed by atoms with E-state index in [0.29, 0.717) is 5.19 Å². The zero-order valence-corrected chi connectivity index (χ0v) is 13.5. The van der Waals surface area contributed by atoms with Crippen molar-refractivity contribution in [3.63, 3.8) is 0 Å². The van der Waals surface area contributed by atoms with E-state index in [-0.39, 0.29) is 5.56 Å². The fraction of sp³-hybridized carbons (Fsp3) is 0.533. The Morgan fingerprint density at radius 1 is 1.11 bits per heavy atom. The summed E-state index contributed by atoms with van der Waals surface area (Å²) >= 11 is 0. The zero-order valence-electron chi connectivity index (χ0n) is 12.5. The van der Waals surface area contributed by atoms with Crippen LogP contribution in [0.1, 0.15) is 51.9 Å². The second kappa shape index (κ2) is 4.74. The first-order valence-electron chi connectivity index (χ1n) is 6.44. The Morgan fingerprint density at radius 3 is 1.95 bits per heavy atom. The summed E-state index contributed by atoms with van der Waals surface area (Å²) in [7, 11) is -3.37. The molecule has 1 N–H and O–H groups in total. The fourth-order valence-electron chi connectivity index (χ4n) is 2.86. The molecule has 1 aromatic carbocycles. The maximum absolute atomic E-state index is 15.9. The number of aromatic carboxylic acids is 1. The molecule has 0 aliphatic rings. The van der Waals surface area contributed by atoms with E-state index >= 15 is 4.11 Å². The Labute approximate surface area is 115 Å². The van der Waals surface area contributed by atoms with Crippen LogP contribution in [0.25, 0.3) is 0 Å². The molecule has 19 heavy (non-hydrogen) atoms. The van der Waals surface area contributed by atoms with Gasteiger partial charge in [-0.2, -0.15) is 0 Å². The monoisotopic (exact) mass is 282 g/mol. The summed E-state index contributed by atoms with van der Waals surface area (Å²) in [5.74, 6) is -1.01. The molecule has 106 valence electrons. The first-order chi connectivity index (χ1) is 8.41. The van der Waals surface area contributed by atoms with Crippen molar-refractivity contribution in [2.24, 2.45) is 0 Å². The Morgan fingerprint density at radius 2 is 1.58 bits per heavy atom. The zero-order chi connectivity index (χ0) is 15.1. The third-order valence-corrected chi connectivity index (χ3v) is 8.81. The number of carboxylic acids is 1. The quantitative estimate of drug-likeness (QED) is 0.655. The van der Waals surface area contributed by atoms with E-state index in [2.05, 4.69) is 0 Å². The van der Waals surface area contributed by atoms with Crippen LogP contribution >= 0.6 is 0 Å². The minimum absolute atomic E-state index is 0.153. The van der Waals surface area contributed by atoms with Crippen molar-refractivity contribution in [2.75, 3.05) is 0 Å². The molecule has 0 aliphatic heterocycles. The molecule has 0 aromatic heterocycles. The lowest BCUT2D eigenvalue weighted by Gasteiger charge is -2.45. The van der Waals surface area contributed by atoms with Crippen LogP contribution in [-0.4, -0.2) is 19.5 Å². The summed E-state index contributed by atoms with van der Waals surface area (Å²) in [6.07, 6.45) is 0. The van der Waals surface area contributed by atoms with Crippen molar-refractivity contribution in [1.82, 2.24) is 0 Å². The van der Waals surface area contributed by atoms with E-state index in [1.54, 1.807) is 12.1 Å². The van der Waals surface area contributed by atoms with Gasteiger partial charge >= 0.3 is 5.97 Å². The van der Waals surface area contributed by atoms with E-state index in [4.69, 9.17) is 5.11 Å². The van der Waals surface area contributed by atoms with Crippen LogP contribution in [-0.2, 0) is 0 Å². The predicted octanol–water partition coefficient (Wildman–Crippen LogP) is 4.11. The fourth-order valence-corrected chi connectivity index (χ4v) is 7.52. The van der Waals surface area contributed by atoms with Crippen LogP contribution < -0.4 is 5.19 Å². The molecular weight excluding hydrogens is 259 g/mol. The highest BCUT2D eigenvalue weighted by Crippen LogP contribution is 2.51. The van der Waals surface area contributed by atoms with E-state index in [9.17, 15) is 4.79 Å². The largest absolute Gasteiger partial charge is 0.478 e. The summed E-state index contributed by atoms with van der Waals surface area (Å²) in [6.45, 7) is 11.4. The van der Waals surface area contributed by atoms with Gasteiger partial charge in [-0.3, -0.25) is 0 Å². The Bertz CT molecular complexity index is 470. The summed E-state index contributed by atoms with van der Waals surface area (Å²) in [6, 6.07) is 6.38. The lowest BCUT2D eigenvalue weighted by atomic mass is 10.2. The van der Waals surface area contributed by atoms with Gasteiger partial charge in [-0.15, -0.1) is 0 Å². The molecule has 0 radical (unpaired) electrons. The number of rotatable bonds is 2. The molecule has 0 amide bonds. The Balaban J connectivity index is 3.52. The minimum atomic E-state index is -3.37. The van der Waals surface area contributed by atoms with E-state index in [1.165, 1.54) is 12.1 Å². The van der Waals surface area contributed by atoms with Gasteiger partial charge in [0.1, 0.15) is 0 Å². The molecule has 1 aromatic rings. The number of hydrogen-bond donors (Lipinski definition) is 1. The molecule has 0 heterocycles. The minimum Gasteiger partial charge on any atom is -0.478 e. The third kappa shape index (κ3) is 2.73. The molecule has 2 nitrogen and oxygen atoms in total. The number of halogens is 1. The number of benzene rings is 1. The Hall–Kier alpha value is -1.16. The van der Waals surface area contributed by atoms with Gasteiger partial charge in [-0.1, -0.05) is 53.7 Å². The molecule has 4 heteroatoms. The average molecular weight is 282 g/mol. The summed E-state index contributed by atoms with van der Waals surface area (Å²) < 4.78 is 15.9. The second-order valence-electron chi connectivity index (χ2n) is 7.04. The van der Waals surface area contributed by atoms with Crippen molar-refractivity contribution in [2.45, 2.75) is 51.6 Å². The summed E-state index contributed by atoms with van der Waals surface area (Å²) in [4.78, 5) is 11.1. The molecule has 0 saturated heterocycles. The van der Waals surface area contributed by atoms with Crippen LogP contribution in [0.5, 0.6) is 0 Å². The van der Waals surface area contributed by atoms with E-state index in [0.717, 1.165) is 0 Å². The molecule has 0 atom stereocenters. The van der Waals surface area contributed by atoms with E-state index in [1.807, 2.05) is 41.5 Å². The topological polar surface area (TPSA) is 37.3 Å². The highest BCUT2D eigenvalue weighted by molar-refractivity contribution is 6.90. The van der Waals surface area contributed by atoms with Gasteiger partial charge in [0.25, 0.3) is 8.41 Å². The number of carboxylic acid groups (broad SMARTS) is 1. The SMILES string of the molecule is CC(C)(C)[Si](F)(c1cccc(C(=O)O)c1)C(C)(C)C. The van der Waals surface area contributed by atoms with Crippen LogP contribution in [0, 0.1) is 0 Å². The highest BCUT2D eigenvalue weighted by atomic mass is 28.4. The third-order valence-electron chi connectivity index (χ3n) is 3.57. The van der Waals surface area contributed by atoms with Crippen molar-refractivity contribution in [3.05, 3.63) is 29.8 Å². The first kappa shape index (κ1) is 15.9. The van der Waals surface area contributed by atoms with Crippen LogP contribution in [0.3, 0.4) is 0 Å². The maximum atomic E-state index is 15.9. The van der Waals surface area contributed by atoms with Crippen molar-refractivity contribution < 1.29 is 14.0 Å². The predicted molar refractivity (Wildman–Crippen MR) is 79.3 cm³/mol. The van der Waals surface area contributed by atoms with Gasteiger partial charge in [0.05, 0.1) is 5.56 Å². The smallest absolute Gasteiger partial charge is 0.335 e. The lowest BCUT2D eigenvalue weighted by Crippen LogP contribution is -2.58. The maximum Gasteiger partial charge on any atom is 0.335 e. The van der Waals surface area contributed by atoms with Gasteiger partial charge in [-0.25, -0.2) is 4.79 Å². The standard InChI is InChI=1S/C15H23FO2Si/c1-14(2,3)19(16,15(4,5)6)12-9-7-8-11(10-12)13(17)18/h7-10H,1-6H3,(H,17,18). The number of carbonyl (C=O) groups is 1. The normalized spacial score (nSPS) is 13.4. The van der Waals surface area contributed by atoms with Gasteiger partial charge in [0, 0.05) is 0 Å². The molecule has 0 bridgehead atoms. The van der Waals surface area contributed by atoms with Crippen LogP contribution in [0.15, 0.2) is 24.3 Å². The first-order valence-corrected chi connectivity index (χ1v) is 8.32. The van der Waals surface area contributed by atoms with E-state index < -0.39 is 24.5 Å². The summed E-state index contributed by atoms with van der Waals surface area (Å²) in [5, 5.41) is 8.64. The molecule has 1 rings (SSSR count). The molecule has 0 aliphatic carbocycles. The van der Waals surface area contributed by atoms with Gasteiger partial charge < -0.3 is 9.21 Å². The van der Waals surface area contributed by atoms with Crippen molar-refractivity contribution in [3.8, 4) is 0 Å². The molecule has 0 spiro atoms. The average Bonchev–Trinajstić information content (AvgIpc) is 2.25. The van der Waals surface area contributed by atoms with Gasteiger partial charge in [0.2, 0.25) is 0 Å². The molecule has 0 fully saturated rings. The Kier molecular flexibility index (Phi) is 3.97. The van der Waals surface area contributed by atoms with Crippen LogP contribution in [0.2, 0.25) is 10.1 Å². The highest BCUT2D eigenvalue weighted by Gasteiger charge is 2.56. The number of hydrogen-bond acceptors (Lipinski definition) is 1. The molecular formula is C15H23FO2Si. The van der Waals surface area contributed by atoms with Gasteiger partial charge in [0.15, 0.2) is 0 Å².